The third kappa shape index (κ3) is 3.08. The van der Waals surface area contributed by atoms with Crippen LogP contribution < -0.4 is 0 Å². The van der Waals surface area contributed by atoms with Gasteiger partial charge in [0.15, 0.2) is 0 Å². The lowest BCUT2D eigenvalue weighted by atomic mass is 9.58. The highest BCUT2D eigenvalue weighted by Gasteiger charge is 2.66. The van der Waals surface area contributed by atoms with Crippen molar-refractivity contribution in [1.82, 2.24) is 4.90 Å². The summed E-state index contributed by atoms with van der Waals surface area (Å²) in [6.45, 7) is 6.10. The Morgan fingerprint density at radius 1 is 1.03 bits per heavy atom. The number of ether oxygens (including phenoxy) is 1. The van der Waals surface area contributed by atoms with Gasteiger partial charge in [0.25, 0.3) is 0 Å². The number of nitrogens with zero attached hydrogens (tertiary/aromatic N) is 1. The summed E-state index contributed by atoms with van der Waals surface area (Å²) in [4.78, 5) is 2.61. The summed E-state index contributed by atoms with van der Waals surface area (Å²) in [5, 5.41) is 2.74. The molecule has 184 valence electrons. The highest BCUT2D eigenvalue weighted by atomic mass is 16.5. The van der Waals surface area contributed by atoms with E-state index in [0.29, 0.717) is 17.9 Å². The van der Waals surface area contributed by atoms with Crippen LogP contribution in [0.3, 0.4) is 0 Å². The van der Waals surface area contributed by atoms with E-state index >= 15 is 0 Å². The van der Waals surface area contributed by atoms with Gasteiger partial charge in [-0.05, 0) is 116 Å². The summed E-state index contributed by atoms with van der Waals surface area (Å²) in [5.74, 6) is 1.24. The van der Waals surface area contributed by atoms with Gasteiger partial charge in [0.05, 0.1) is 11.2 Å². The Morgan fingerprint density at radius 3 is 2.74 bits per heavy atom. The van der Waals surface area contributed by atoms with Crippen LogP contribution in [0.1, 0.15) is 83.1 Å². The molecule has 3 aliphatic carbocycles. The van der Waals surface area contributed by atoms with Crippen LogP contribution in [0.25, 0.3) is 10.8 Å². The van der Waals surface area contributed by atoms with Gasteiger partial charge in [-0.1, -0.05) is 68.5 Å². The zero-order chi connectivity index (χ0) is 23.8. The lowest BCUT2D eigenvalue weighted by molar-refractivity contribution is -0.140. The van der Waals surface area contributed by atoms with Gasteiger partial charge in [-0.2, -0.15) is 0 Å². The van der Waals surface area contributed by atoms with Crippen molar-refractivity contribution in [2.45, 2.75) is 94.8 Å². The monoisotopic (exact) mass is 467 g/mol. The van der Waals surface area contributed by atoms with Crippen LogP contribution in [-0.4, -0.2) is 35.7 Å². The molecule has 1 saturated heterocycles. The second-order valence-electron chi connectivity index (χ2n) is 12.7. The van der Waals surface area contributed by atoms with E-state index in [-0.39, 0.29) is 16.6 Å². The molecule has 2 heteroatoms. The molecule has 0 aromatic heterocycles. The summed E-state index contributed by atoms with van der Waals surface area (Å²) >= 11 is 0. The third-order valence-electron chi connectivity index (χ3n) is 11.0. The zero-order valence-electron chi connectivity index (χ0n) is 21.9. The zero-order valence-corrected chi connectivity index (χ0v) is 21.9. The molecule has 6 atom stereocenters. The summed E-state index contributed by atoms with van der Waals surface area (Å²) < 4.78 is 7.51. The fourth-order valence-corrected chi connectivity index (χ4v) is 9.27. The maximum absolute atomic E-state index is 7.51. The van der Waals surface area contributed by atoms with Gasteiger partial charge in [0, 0.05) is 6.04 Å². The molecule has 2 heterocycles. The highest BCUT2D eigenvalue weighted by molar-refractivity contribution is 5.83. The predicted octanol–water partition coefficient (Wildman–Crippen LogP) is 7.79. The Hall–Kier alpha value is -1.90. The van der Waals surface area contributed by atoms with Crippen molar-refractivity contribution in [2.75, 3.05) is 13.6 Å². The number of hydrogen-bond donors (Lipinski definition) is 0. The van der Waals surface area contributed by atoms with Crippen LogP contribution in [0.15, 0.2) is 65.8 Å². The van der Waals surface area contributed by atoms with E-state index in [0.717, 1.165) is 0 Å². The highest BCUT2D eigenvalue weighted by Crippen LogP contribution is 2.69. The minimum atomic E-state index is -0.0483. The molecule has 0 radical (unpaired) electrons. The number of hydrogen-bond acceptors (Lipinski definition) is 2. The maximum atomic E-state index is 7.51. The minimum Gasteiger partial charge on any atom is -0.359 e. The quantitative estimate of drug-likeness (QED) is 0.455. The normalized spacial score (nSPS) is 39.7. The van der Waals surface area contributed by atoms with E-state index in [1.807, 2.05) is 0 Å². The molecular formula is C33H41NO. The molecular weight excluding hydrogens is 426 g/mol. The van der Waals surface area contributed by atoms with Gasteiger partial charge in [-0.25, -0.2) is 0 Å². The molecule has 2 aliphatic heterocycles. The number of fused-ring (bicyclic) bond motifs is 2. The number of rotatable bonds is 4. The molecule has 2 saturated carbocycles. The first-order valence-corrected chi connectivity index (χ1v) is 14.3. The molecule has 7 rings (SSSR count). The minimum absolute atomic E-state index is 0.00153. The van der Waals surface area contributed by atoms with Gasteiger partial charge in [0.1, 0.15) is 0 Å². The molecule has 2 nitrogen and oxygen atoms in total. The van der Waals surface area contributed by atoms with Crippen LogP contribution in [0.4, 0.5) is 0 Å². The fourth-order valence-electron chi connectivity index (χ4n) is 9.27. The molecule has 0 N–H and O–H groups in total. The van der Waals surface area contributed by atoms with E-state index in [2.05, 4.69) is 80.4 Å². The van der Waals surface area contributed by atoms with Crippen molar-refractivity contribution in [3.63, 3.8) is 0 Å². The van der Waals surface area contributed by atoms with Gasteiger partial charge >= 0.3 is 0 Å². The molecule has 35 heavy (non-hydrogen) atoms. The molecule has 1 unspecified atom stereocenters. The molecule has 2 aromatic carbocycles. The van der Waals surface area contributed by atoms with Crippen molar-refractivity contribution < 1.29 is 4.74 Å². The standard InChI is InChI=1S/C33H41NO/c1-4-19-34(3)28-12-11-26-21-27-15-16-31(2)29(25-10-9-23-7-5-6-8-24(23)20-25)13-14-30(31)33(27)18-17-32(26,22-28)35-33/h5-10,15,20-21,28-30H,4,11-14,16-19,22H2,1-3H3/t28-,29-,30-,31-,32?,33-/m1/s1. The van der Waals surface area contributed by atoms with E-state index < -0.39 is 0 Å². The Bertz CT molecular complexity index is 1230. The molecule has 2 aromatic rings. The maximum Gasteiger partial charge on any atom is 0.0974 e. The van der Waals surface area contributed by atoms with Crippen molar-refractivity contribution >= 4 is 10.8 Å². The Balaban J connectivity index is 1.24. The van der Waals surface area contributed by atoms with Gasteiger partial charge in [-0.3, -0.25) is 0 Å². The predicted molar refractivity (Wildman–Crippen MR) is 145 cm³/mol. The topological polar surface area (TPSA) is 12.5 Å². The molecule has 5 aliphatic rings. The van der Waals surface area contributed by atoms with Crippen LogP contribution in [0.5, 0.6) is 0 Å². The molecule has 2 bridgehead atoms. The third-order valence-corrected chi connectivity index (χ3v) is 11.0. The second-order valence-corrected chi connectivity index (χ2v) is 12.7. The molecule has 2 spiro atoms. The largest absolute Gasteiger partial charge is 0.359 e. The first-order valence-electron chi connectivity index (χ1n) is 14.3. The van der Waals surface area contributed by atoms with E-state index in [1.165, 1.54) is 75.1 Å². The average Bonchev–Trinajstić information content (AvgIpc) is 3.38. The van der Waals surface area contributed by atoms with E-state index in [4.69, 9.17) is 4.74 Å². The summed E-state index contributed by atoms with van der Waals surface area (Å²) in [6, 6.07) is 16.7. The summed E-state index contributed by atoms with van der Waals surface area (Å²) in [7, 11) is 2.33. The number of allylic oxidation sites excluding steroid dienone is 1. The SMILES string of the molecule is CCCN(C)[C@@H]1CCC2=CC3=CC[C@]4(C)[C@@H](c5ccc6ccccc6c5)CC[C@H]4[C@@]34CCC2(C1)O4. The van der Waals surface area contributed by atoms with Gasteiger partial charge < -0.3 is 9.64 Å². The van der Waals surface area contributed by atoms with Gasteiger partial charge in [-0.15, -0.1) is 0 Å². The first-order chi connectivity index (χ1) is 17.0. The summed E-state index contributed by atoms with van der Waals surface area (Å²) in [5.41, 5.74) is 4.93. The van der Waals surface area contributed by atoms with Crippen LogP contribution >= 0.6 is 0 Å². The average molecular weight is 468 g/mol. The van der Waals surface area contributed by atoms with Crippen molar-refractivity contribution in [2.24, 2.45) is 11.3 Å². The smallest absolute Gasteiger partial charge is 0.0974 e. The lowest BCUT2D eigenvalue weighted by Gasteiger charge is -2.55. The van der Waals surface area contributed by atoms with Crippen molar-refractivity contribution in [3.8, 4) is 0 Å². The molecule has 0 amide bonds. The van der Waals surface area contributed by atoms with Crippen LogP contribution in [-0.2, 0) is 4.74 Å². The second kappa shape index (κ2) is 7.80. The molecule has 3 fully saturated rings. The van der Waals surface area contributed by atoms with E-state index in [9.17, 15) is 0 Å². The van der Waals surface area contributed by atoms with E-state index in [1.54, 1.807) is 16.7 Å². The Morgan fingerprint density at radius 2 is 1.89 bits per heavy atom. The lowest BCUT2D eigenvalue weighted by Crippen LogP contribution is -2.55. The number of benzene rings is 2. The van der Waals surface area contributed by atoms with Crippen molar-refractivity contribution in [1.29, 1.82) is 0 Å². The van der Waals surface area contributed by atoms with Gasteiger partial charge in [0.2, 0.25) is 0 Å². The van der Waals surface area contributed by atoms with Crippen molar-refractivity contribution in [3.05, 3.63) is 71.3 Å². The summed E-state index contributed by atoms with van der Waals surface area (Å²) in [6.07, 6.45) is 16.4. The Labute approximate surface area is 211 Å². The first kappa shape index (κ1) is 22.3. The van der Waals surface area contributed by atoms with Crippen LogP contribution in [0, 0.1) is 11.3 Å². The Kier molecular flexibility index (Phi) is 4.97. The van der Waals surface area contributed by atoms with Crippen LogP contribution in [0.2, 0.25) is 0 Å². The fraction of sp³-hybridized carbons (Fsp3) is 0.576.